The van der Waals surface area contributed by atoms with Gasteiger partial charge < -0.3 is 0 Å². The highest BCUT2D eigenvalue weighted by Crippen LogP contribution is 2.42. The fourth-order valence-electron chi connectivity index (χ4n) is 11.9. The maximum absolute atomic E-state index is 5.26. The molecule has 13 aromatic rings. The highest BCUT2D eigenvalue weighted by Gasteiger charge is 2.48. The molecule has 0 aliphatic carbocycles. The Hall–Kier alpha value is -8.08. The summed E-state index contributed by atoms with van der Waals surface area (Å²) >= 11 is 1.92. The predicted octanol–water partition coefficient (Wildman–Crippen LogP) is 9.35. The van der Waals surface area contributed by atoms with E-state index in [0.717, 1.165) is 38.8 Å². The quantitative estimate of drug-likeness (QED) is 0.0909. The SMILES string of the molecule is c1ccc([Si](c2ccccc2)(c2cccc(-n3c4ccc5c(c4c4cccnc43)Sc3ccccc3[Si]5(c3ccccc3)c3ccccc3)c2)c2ccc3c4ccccc4n4ccnc4c3c2)cc1. The zero-order chi connectivity index (χ0) is 45.5. The third-order valence-electron chi connectivity index (χ3n) is 14.7. The topological polar surface area (TPSA) is 35.1 Å². The van der Waals surface area contributed by atoms with Gasteiger partial charge in [-0.3, -0.25) is 8.97 Å². The normalized spacial score (nSPS) is 13.3. The van der Waals surface area contributed by atoms with E-state index in [-0.39, 0.29) is 0 Å². The summed E-state index contributed by atoms with van der Waals surface area (Å²) in [4.78, 5) is 12.9. The molecule has 1 aliphatic heterocycles. The molecule has 4 nitrogen and oxygen atoms in total. The van der Waals surface area contributed by atoms with Gasteiger partial charge >= 0.3 is 0 Å². The van der Waals surface area contributed by atoms with Crippen molar-refractivity contribution in [2.24, 2.45) is 0 Å². The average Bonchev–Trinajstić information content (AvgIpc) is 4.06. The number of hydrogen-bond acceptors (Lipinski definition) is 3. The van der Waals surface area contributed by atoms with Gasteiger partial charge in [0.15, 0.2) is 16.1 Å². The Labute approximate surface area is 405 Å². The second-order valence-electron chi connectivity index (χ2n) is 18.1. The van der Waals surface area contributed by atoms with Crippen molar-refractivity contribution in [3.8, 4) is 5.69 Å². The number of benzene rings is 9. The molecule has 14 rings (SSSR count). The van der Waals surface area contributed by atoms with E-state index >= 15 is 0 Å². The molecule has 0 atom stereocenters. The minimum Gasteiger partial charge on any atom is -0.299 e. The first-order valence-electron chi connectivity index (χ1n) is 23.6. The van der Waals surface area contributed by atoms with Crippen LogP contribution in [0, 0.1) is 0 Å². The van der Waals surface area contributed by atoms with Gasteiger partial charge in [-0.05, 0) is 89.3 Å². The molecule has 0 saturated carbocycles. The Morgan fingerprint density at radius 3 is 1.78 bits per heavy atom. The largest absolute Gasteiger partial charge is 0.299 e. The van der Waals surface area contributed by atoms with Crippen LogP contribution < -0.4 is 41.5 Å². The lowest BCUT2D eigenvalue weighted by Gasteiger charge is -2.40. The fourth-order valence-corrected chi connectivity index (χ4v) is 23.8. The fraction of sp³-hybridized carbons (Fsp3) is 0. The van der Waals surface area contributed by atoms with Crippen LogP contribution in [0.3, 0.4) is 0 Å². The molecule has 0 N–H and O–H groups in total. The standard InChI is InChI=1S/C62H42N4SSi2/c1-5-20-44(21-6-1)68(45-22-7-2-8-23-45,49-34-35-50-51-29-13-14-31-54(51)65-40-39-64-61(65)53(50)42-49)48-28-17-19-43(41-48)66-55-36-37-58-60(59(55)52-30-18-38-63-62(52)66)67-56-32-15-16-33-57(56)69(58,46-24-9-3-10-25-46)47-26-11-4-12-27-47/h1-42H. The highest BCUT2D eigenvalue weighted by atomic mass is 32.2. The van der Waals surface area contributed by atoms with Crippen LogP contribution in [0.4, 0.5) is 0 Å². The van der Waals surface area contributed by atoms with E-state index in [1.807, 2.05) is 24.2 Å². The van der Waals surface area contributed by atoms with Crippen molar-refractivity contribution in [1.82, 2.24) is 18.9 Å². The van der Waals surface area contributed by atoms with Crippen molar-refractivity contribution in [3.05, 3.63) is 255 Å². The van der Waals surface area contributed by atoms with Crippen LogP contribution in [0.5, 0.6) is 0 Å². The molecule has 0 fully saturated rings. The molecule has 324 valence electrons. The molecule has 5 heterocycles. The summed E-state index contributed by atoms with van der Waals surface area (Å²) in [6, 6.07) is 88.8. The molecule has 9 aromatic carbocycles. The maximum atomic E-state index is 5.26. The second kappa shape index (κ2) is 15.8. The number of fused-ring (bicyclic) bond motifs is 12. The molecule has 0 unspecified atom stereocenters. The Balaban J connectivity index is 1.05. The van der Waals surface area contributed by atoms with E-state index in [1.54, 1.807) is 0 Å². The van der Waals surface area contributed by atoms with Crippen molar-refractivity contribution < 1.29 is 0 Å². The molecular formula is C62H42N4SSi2. The van der Waals surface area contributed by atoms with Crippen LogP contribution in [0.25, 0.3) is 54.9 Å². The van der Waals surface area contributed by atoms with Crippen molar-refractivity contribution >= 4 is 119 Å². The summed E-state index contributed by atoms with van der Waals surface area (Å²) in [5, 5.41) is 16.9. The van der Waals surface area contributed by atoms with Gasteiger partial charge in [0.25, 0.3) is 0 Å². The lowest BCUT2D eigenvalue weighted by molar-refractivity contribution is 1.14. The maximum Gasteiger partial charge on any atom is 0.181 e. The summed E-state index contributed by atoms with van der Waals surface area (Å²) in [7, 11) is -5.85. The number of hydrogen-bond donors (Lipinski definition) is 0. The lowest BCUT2D eigenvalue weighted by Crippen LogP contribution is -2.76. The Kier molecular flexibility index (Phi) is 9.14. The predicted molar refractivity (Wildman–Crippen MR) is 294 cm³/mol. The molecule has 0 amide bonds. The van der Waals surface area contributed by atoms with Gasteiger partial charge in [-0.25, -0.2) is 9.97 Å². The van der Waals surface area contributed by atoms with Crippen molar-refractivity contribution in [1.29, 1.82) is 0 Å². The van der Waals surface area contributed by atoms with Crippen LogP contribution in [0.15, 0.2) is 265 Å². The summed E-state index contributed by atoms with van der Waals surface area (Å²) in [5.74, 6) is 0. The van der Waals surface area contributed by atoms with E-state index in [0.29, 0.717) is 0 Å². The monoisotopic (exact) mass is 930 g/mol. The van der Waals surface area contributed by atoms with Gasteiger partial charge in [0.05, 0.1) is 11.0 Å². The summed E-state index contributed by atoms with van der Waals surface area (Å²) in [5.41, 5.74) is 5.32. The van der Waals surface area contributed by atoms with Crippen LogP contribution in [0.2, 0.25) is 0 Å². The van der Waals surface area contributed by atoms with Gasteiger partial charge in [-0.1, -0.05) is 206 Å². The molecule has 0 radical (unpaired) electrons. The first-order valence-corrected chi connectivity index (χ1v) is 28.4. The van der Waals surface area contributed by atoms with Crippen molar-refractivity contribution in [3.63, 3.8) is 0 Å². The smallest absolute Gasteiger partial charge is 0.181 e. The molecule has 0 saturated heterocycles. The van der Waals surface area contributed by atoms with Crippen LogP contribution in [-0.4, -0.2) is 35.1 Å². The highest BCUT2D eigenvalue weighted by molar-refractivity contribution is 8.00. The Morgan fingerprint density at radius 1 is 0.406 bits per heavy atom. The van der Waals surface area contributed by atoms with E-state index in [2.05, 4.69) is 252 Å². The number of para-hydroxylation sites is 1. The number of nitrogens with zero attached hydrogens (tertiary/aromatic N) is 4. The Bertz CT molecular complexity index is 4040. The molecular weight excluding hydrogens is 889 g/mol. The average molecular weight is 931 g/mol. The van der Waals surface area contributed by atoms with E-state index in [1.165, 1.54) is 67.4 Å². The Morgan fingerprint density at radius 2 is 1.03 bits per heavy atom. The summed E-state index contributed by atoms with van der Waals surface area (Å²) < 4.78 is 4.67. The molecule has 4 aromatic heterocycles. The first-order chi connectivity index (χ1) is 34.2. The molecule has 7 heteroatoms. The van der Waals surface area contributed by atoms with Gasteiger partial charge in [-0.2, -0.15) is 0 Å². The zero-order valence-electron chi connectivity index (χ0n) is 37.4. The molecule has 0 bridgehead atoms. The van der Waals surface area contributed by atoms with E-state index in [9.17, 15) is 0 Å². The van der Waals surface area contributed by atoms with E-state index < -0.39 is 16.1 Å². The molecule has 1 aliphatic rings. The third kappa shape index (κ3) is 5.75. The van der Waals surface area contributed by atoms with Gasteiger partial charge in [0.2, 0.25) is 0 Å². The van der Waals surface area contributed by atoms with Crippen LogP contribution in [0.1, 0.15) is 0 Å². The van der Waals surface area contributed by atoms with Crippen LogP contribution >= 0.6 is 11.8 Å². The second-order valence-corrected chi connectivity index (χ2v) is 26.7. The lowest BCUT2D eigenvalue weighted by atomic mass is 10.1. The minimum atomic E-state index is -3.06. The van der Waals surface area contributed by atoms with E-state index in [4.69, 9.17) is 9.97 Å². The number of rotatable bonds is 7. The number of imidazole rings is 1. The molecule has 0 spiro atoms. The number of pyridine rings is 2. The van der Waals surface area contributed by atoms with Gasteiger partial charge in [0.1, 0.15) is 11.3 Å². The number of aromatic nitrogens is 4. The van der Waals surface area contributed by atoms with Crippen LogP contribution in [-0.2, 0) is 0 Å². The summed E-state index contributed by atoms with van der Waals surface area (Å²) in [6.45, 7) is 0. The van der Waals surface area contributed by atoms with Crippen molar-refractivity contribution in [2.75, 3.05) is 0 Å². The van der Waals surface area contributed by atoms with Crippen molar-refractivity contribution in [2.45, 2.75) is 9.79 Å². The summed E-state index contributed by atoms with van der Waals surface area (Å²) in [6.07, 6.45) is 5.97. The molecule has 69 heavy (non-hydrogen) atoms. The van der Waals surface area contributed by atoms with Gasteiger partial charge in [0, 0.05) is 55.6 Å². The van der Waals surface area contributed by atoms with Gasteiger partial charge in [-0.15, -0.1) is 0 Å². The third-order valence-corrected chi connectivity index (χ3v) is 25.9. The minimum absolute atomic E-state index is 0.954. The zero-order valence-corrected chi connectivity index (χ0v) is 40.3. The first kappa shape index (κ1) is 40.0.